The van der Waals surface area contributed by atoms with Gasteiger partial charge in [-0.25, -0.2) is 4.98 Å². The topological polar surface area (TPSA) is 56.6 Å². The van der Waals surface area contributed by atoms with Crippen LogP contribution in [0.5, 0.6) is 11.5 Å². The van der Waals surface area contributed by atoms with E-state index in [0.717, 1.165) is 40.5 Å². The molecule has 1 fully saturated rings. The fraction of sp³-hybridized carbons (Fsp3) is 0.355. The molecule has 192 valence electrons. The van der Waals surface area contributed by atoms with Gasteiger partial charge in [0.05, 0.1) is 29.9 Å². The Hall–Kier alpha value is -3.80. The Labute approximate surface area is 218 Å². The van der Waals surface area contributed by atoms with E-state index in [9.17, 15) is 4.79 Å². The normalized spacial score (nSPS) is 16.4. The number of ether oxygens (including phenoxy) is 2. The number of nitrogens with zero attached hydrogens (tertiary/aromatic N) is 3. The quantitative estimate of drug-likeness (QED) is 0.249. The number of hydrogen-bond donors (Lipinski definition) is 0. The summed E-state index contributed by atoms with van der Waals surface area (Å²) in [6.07, 6.45) is 1.54. The lowest BCUT2D eigenvalue weighted by Crippen LogP contribution is -2.25. The van der Waals surface area contributed by atoms with Crippen LogP contribution in [0.3, 0.4) is 0 Å². The molecule has 6 heteroatoms. The van der Waals surface area contributed by atoms with Crippen molar-refractivity contribution in [3.63, 3.8) is 0 Å². The van der Waals surface area contributed by atoms with E-state index in [2.05, 4.69) is 48.7 Å². The van der Waals surface area contributed by atoms with Crippen molar-refractivity contribution in [2.24, 2.45) is 0 Å². The number of carbonyl (C=O) groups excluding carboxylic acids is 1. The SMILES string of the molecule is CCOc1ccccc1N1C[C@@H](c2nc3ccccc3n2CCOc2ccc([C@H](C)CC)cc2)CC1=O. The van der Waals surface area contributed by atoms with Crippen LogP contribution in [0, 0.1) is 0 Å². The van der Waals surface area contributed by atoms with E-state index in [-0.39, 0.29) is 11.8 Å². The first kappa shape index (κ1) is 24.9. The number of rotatable bonds is 10. The van der Waals surface area contributed by atoms with Gasteiger partial charge >= 0.3 is 0 Å². The minimum absolute atomic E-state index is 0.00982. The molecule has 1 aliphatic heterocycles. The van der Waals surface area contributed by atoms with E-state index >= 15 is 0 Å². The molecule has 0 unspecified atom stereocenters. The van der Waals surface area contributed by atoms with Crippen LogP contribution in [0.2, 0.25) is 0 Å². The van der Waals surface area contributed by atoms with Gasteiger partial charge in [-0.05, 0) is 61.2 Å². The molecule has 2 heterocycles. The highest BCUT2D eigenvalue weighted by atomic mass is 16.5. The zero-order valence-corrected chi connectivity index (χ0v) is 21.9. The first-order chi connectivity index (χ1) is 18.1. The predicted molar refractivity (Wildman–Crippen MR) is 148 cm³/mol. The molecule has 0 N–H and O–H groups in total. The third-order valence-electron chi connectivity index (χ3n) is 7.28. The van der Waals surface area contributed by atoms with Crippen LogP contribution in [0.1, 0.15) is 56.8 Å². The lowest BCUT2D eigenvalue weighted by molar-refractivity contribution is -0.117. The van der Waals surface area contributed by atoms with E-state index in [1.54, 1.807) is 0 Å². The molecule has 1 saturated heterocycles. The highest BCUT2D eigenvalue weighted by molar-refractivity contribution is 5.97. The molecule has 4 aromatic rings. The molecular formula is C31H35N3O3. The van der Waals surface area contributed by atoms with Crippen LogP contribution in [0.25, 0.3) is 11.0 Å². The number of hydrogen-bond acceptors (Lipinski definition) is 4. The Morgan fingerprint density at radius 1 is 0.973 bits per heavy atom. The first-order valence-electron chi connectivity index (χ1n) is 13.3. The third kappa shape index (κ3) is 5.19. The van der Waals surface area contributed by atoms with Gasteiger partial charge in [0.15, 0.2) is 0 Å². The van der Waals surface area contributed by atoms with Gasteiger partial charge in [-0.15, -0.1) is 0 Å². The lowest BCUT2D eigenvalue weighted by atomic mass is 9.99. The molecule has 1 amide bonds. The van der Waals surface area contributed by atoms with Crippen LogP contribution >= 0.6 is 0 Å². The maximum Gasteiger partial charge on any atom is 0.227 e. The standard InChI is InChI=1S/C31H35N3O3/c1-4-22(3)23-14-16-25(17-15-23)37-19-18-33-27-11-7-6-10-26(27)32-31(33)24-20-30(35)34(21-24)28-12-8-9-13-29(28)36-5-2/h6-17,22,24H,4-5,18-21H2,1-3H3/t22-,24+/m1/s1. The lowest BCUT2D eigenvalue weighted by Gasteiger charge is -2.20. The molecule has 3 aromatic carbocycles. The Morgan fingerprint density at radius 2 is 1.73 bits per heavy atom. The van der Waals surface area contributed by atoms with Gasteiger partial charge in [0.25, 0.3) is 0 Å². The fourth-order valence-electron chi connectivity index (χ4n) is 5.09. The summed E-state index contributed by atoms with van der Waals surface area (Å²) in [7, 11) is 0. The molecule has 6 nitrogen and oxygen atoms in total. The van der Waals surface area contributed by atoms with Gasteiger partial charge in [-0.1, -0.05) is 50.2 Å². The third-order valence-corrected chi connectivity index (χ3v) is 7.28. The Morgan fingerprint density at radius 3 is 2.51 bits per heavy atom. The summed E-state index contributed by atoms with van der Waals surface area (Å²) >= 11 is 0. The molecule has 1 aliphatic rings. The van der Waals surface area contributed by atoms with E-state index in [4.69, 9.17) is 14.5 Å². The number of anilines is 1. The summed E-state index contributed by atoms with van der Waals surface area (Å²) in [5, 5.41) is 0. The average Bonchev–Trinajstić information content (AvgIpc) is 3.49. The number of fused-ring (bicyclic) bond motifs is 1. The number of amides is 1. The molecule has 37 heavy (non-hydrogen) atoms. The summed E-state index contributed by atoms with van der Waals surface area (Å²) in [5.74, 6) is 3.16. The van der Waals surface area contributed by atoms with Crippen molar-refractivity contribution in [1.82, 2.24) is 9.55 Å². The molecule has 0 bridgehead atoms. The van der Waals surface area contributed by atoms with E-state index in [0.29, 0.717) is 38.6 Å². The molecular weight excluding hydrogens is 462 g/mol. The van der Waals surface area contributed by atoms with Gasteiger partial charge in [0.2, 0.25) is 5.91 Å². The number of carbonyl (C=O) groups is 1. The Balaban J connectivity index is 1.35. The molecule has 0 radical (unpaired) electrons. The van der Waals surface area contributed by atoms with Crippen LogP contribution in [-0.2, 0) is 11.3 Å². The van der Waals surface area contributed by atoms with Crippen LogP contribution in [0.15, 0.2) is 72.8 Å². The van der Waals surface area contributed by atoms with Crippen LogP contribution in [0.4, 0.5) is 5.69 Å². The summed E-state index contributed by atoms with van der Waals surface area (Å²) in [4.78, 5) is 20.0. The second-order valence-corrected chi connectivity index (χ2v) is 9.64. The fourth-order valence-corrected chi connectivity index (χ4v) is 5.09. The number of imidazole rings is 1. The Kier molecular flexibility index (Phi) is 7.45. The maximum absolute atomic E-state index is 13.1. The van der Waals surface area contributed by atoms with Crippen LogP contribution < -0.4 is 14.4 Å². The minimum atomic E-state index is -0.00982. The second-order valence-electron chi connectivity index (χ2n) is 9.64. The summed E-state index contributed by atoms with van der Waals surface area (Å²) in [6, 6.07) is 24.3. The molecule has 5 rings (SSSR count). The highest BCUT2D eigenvalue weighted by Crippen LogP contribution is 2.37. The highest BCUT2D eigenvalue weighted by Gasteiger charge is 2.36. The van der Waals surface area contributed by atoms with Gasteiger partial charge in [-0.2, -0.15) is 0 Å². The summed E-state index contributed by atoms with van der Waals surface area (Å²) < 4.78 is 14.1. The molecule has 0 saturated carbocycles. The monoisotopic (exact) mass is 497 g/mol. The zero-order valence-electron chi connectivity index (χ0n) is 21.9. The van der Waals surface area contributed by atoms with Crippen molar-refractivity contribution in [1.29, 1.82) is 0 Å². The molecule has 2 atom stereocenters. The molecule has 0 spiro atoms. The Bertz CT molecular complexity index is 1360. The van der Waals surface area contributed by atoms with Gasteiger partial charge in [-0.3, -0.25) is 4.79 Å². The largest absolute Gasteiger partial charge is 0.492 e. The first-order valence-corrected chi connectivity index (χ1v) is 13.3. The maximum atomic E-state index is 13.1. The number of benzene rings is 3. The summed E-state index contributed by atoms with van der Waals surface area (Å²) in [5.41, 5.74) is 4.16. The van der Waals surface area contributed by atoms with Gasteiger partial charge < -0.3 is 18.9 Å². The zero-order chi connectivity index (χ0) is 25.8. The average molecular weight is 498 g/mol. The molecule has 0 aliphatic carbocycles. The van der Waals surface area contributed by atoms with Crippen molar-refractivity contribution in [3.8, 4) is 11.5 Å². The van der Waals surface area contributed by atoms with Crippen molar-refractivity contribution >= 4 is 22.6 Å². The van der Waals surface area contributed by atoms with Crippen molar-refractivity contribution < 1.29 is 14.3 Å². The van der Waals surface area contributed by atoms with E-state index in [1.165, 1.54) is 5.56 Å². The van der Waals surface area contributed by atoms with Crippen LogP contribution in [-0.4, -0.2) is 35.2 Å². The predicted octanol–water partition coefficient (Wildman–Crippen LogP) is 6.55. The van der Waals surface area contributed by atoms with E-state index < -0.39 is 0 Å². The van der Waals surface area contributed by atoms with Gasteiger partial charge in [0.1, 0.15) is 23.9 Å². The summed E-state index contributed by atoms with van der Waals surface area (Å²) in [6.45, 7) is 8.71. The number of para-hydroxylation sites is 4. The van der Waals surface area contributed by atoms with Gasteiger partial charge in [0, 0.05) is 18.9 Å². The second kappa shape index (κ2) is 11.1. The van der Waals surface area contributed by atoms with E-state index in [1.807, 2.05) is 54.3 Å². The van der Waals surface area contributed by atoms with Crippen molar-refractivity contribution in [2.75, 3.05) is 24.7 Å². The number of aromatic nitrogens is 2. The van der Waals surface area contributed by atoms with Crippen molar-refractivity contribution in [3.05, 3.63) is 84.2 Å². The smallest absolute Gasteiger partial charge is 0.227 e. The van der Waals surface area contributed by atoms with Crippen molar-refractivity contribution in [2.45, 2.75) is 52.0 Å². The molecule has 1 aromatic heterocycles. The minimum Gasteiger partial charge on any atom is -0.492 e.